The summed E-state index contributed by atoms with van der Waals surface area (Å²) in [6.07, 6.45) is 0. The zero-order valence-corrected chi connectivity index (χ0v) is 15.1. The third kappa shape index (κ3) is 4.61. The molecule has 3 aromatic rings. The van der Waals surface area contributed by atoms with E-state index < -0.39 is 0 Å². The lowest BCUT2D eigenvalue weighted by Crippen LogP contribution is -2.30. The van der Waals surface area contributed by atoms with E-state index in [9.17, 15) is 4.79 Å². The average molecular weight is 374 g/mol. The largest absolute Gasteiger partial charge is 0.346 e. The van der Waals surface area contributed by atoms with Crippen LogP contribution in [-0.2, 0) is 11.3 Å². The summed E-state index contributed by atoms with van der Waals surface area (Å²) in [6.45, 7) is 2.03. The van der Waals surface area contributed by atoms with Crippen molar-refractivity contribution in [1.82, 2.24) is 15.5 Å². The molecule has 1 unspecified atom stereocenters. The highest BCUT2D eigenvalue weighted by atomic mass is 35.5. The summed E-state index contributed by atoms with van der Waals surface area (Å²) in [5, 5.41) is 7.04. The van der Waals surface area contributed by atoms with Crippen molar-refractivity contribution >= 4 is 29.3 Å². The van der Waals surface area contributed by atoms with Crippen molar-refractivity contribution in [2.45, 2.75) is 23.6 Å². The fourth-order valence-electron chi connectivity index (χ4n) is 2.14. The van der Waals surface area contributed by atoms with Gasteiger partial charge in [-0.2, -0.15) is 4.98 Å². The molecule has 1 amide bonds. The number of rotatable bonds is 6. The lowest BCUT2D eigenvalue weighted by Gasteiger charge is -2.10. The molecule has 1 aromatic heterocycles. The summed E-state index contributed by atoms with van der Waals surface area (Å²) in [7, 11) is 0. The van der Waals surface area contributed by atoms with Crippen LogP contribution in [0.15, 0.2) is 64.0 Å². The van der Waals surface area contributed by atoms with Gasteiger partial charge in [-0.1, -0.05) is 47.1 Å². The number of hydrogen-bond acceptors (Lipinski definition) is 5. The van der Waals surface area contributed by atoms with Crippen LogP contribution in [0.4, 0.5) is 0 Å². The van der Waals surface area contributed by atoms with E-state index in [2.05, 4.69) is 15.5 Å². The summed E-state index contributed by atoms with van der Waals surface area (Å²) < 4.78 is 5.18. The van der Waals surface area contributed by atoms with Gasteiger partial charge in [0.1, 0.15) is 0 Å². The molecule has 128 valence electrons. The number of aromatic nitrogens is 2. The predicted molar refractivity (Wildman–Crippen MR) is 98.4 cm³/mol. The second-order valence-electron chi connectivity index (χ2n) is 5.28. The molecular weight excluding hydrogens is 358 g/mol. The number of nitrogens with zero attached hydrogens (tertiary/aromatic N) is 2. The van der Waals surface area contributed by atoms with E-state index in [4.69, 9.17) is 16.1 Å². The van der Waals surface area contributed by atoms with Crippen LogP contribution in [0.3, 0.4) is 0 Å². The van der Waals surface area contributed by atoms with Crippen LogP contribution in [0.5, 0.6) is 0 Å². The molecule has 3 rings (SSSR count). The molecule has 0 radical (unpaired) electrons. The van der Waals surface area contributed by atoms with Gasteiger partial charge in [0.2, 0.25) is 17.6 Å². The first-order chi connectivity index (χ1) is 12.1. The van der Waals surface area contributed by atoms with Gasteiger partial charge < -0.3 is 9.84 Å². The van der Waals surface area contributed by atoms with Gasteiger partial charge in [0.05, 0.1) is 16.8 Å². The molecule has 0 fully saturated rings. The maximum Gasteiger partial charge on any atom is 0.246 e. The normalized spacial score (nSPS) is 11.9. The average Bonchev–Trinajstić information content (AvgIpc) is 3.09. The van der Waals surface area contributed by atoms with E-state index >= 15 is 0 Å². The minimum Gasteiger partial charge on any atom is -0.346 e. The topological polar surface area (TPSA) is 68.0 Å². The first-order valence-corrected chi connectivity index (χ1v) is 8.96. The van der Waals surface area contributed by atoms with Crippen LogP contribution < -0.4 is 5.32 Å². The van der Waals surface area contributed by atoms with E-state index in [1.807, 2.05) is 55.5 Å². The maximum atomic E-state index is 12.2. The zero-order chi connectivity index (χ0) is 17.6. The molecule has 1 N–H and O–H groups in total. The molecule has 0 spiro atoms. The molecule has 0 aliphatic rings. The van der Waals surface area contributed by atoms with Gasteiger partial charge in [0.25, 0.3) is 0 Å². The van der Waals surface area contributed by atoms with E-state index in [1.54, 1.807) is 6.07 Å². The Balaban J connectivity index is 1.57. The van der Waals surface area contributed by atoms with E-state index in [1.165, 1.54) is 11.8 Å². The van der Waals surface area contributed by atoms with E-state index in [0.717, 1.165) is 4.90 Å². The van der Waals surface area contributed by atoms with Crippen LogP contribution in [0.2, 0.25) is 5.02 Å². The lowest BCUT2D eigenvalue weighted by molar-refractivity contribution is -0.120. The Morgan fingerprint density at radius 3 is 2.68 bits per heavy atom. The highest BCUT2D eigenvalue weighted by Crippen LogP contribution is 2.25. The second kappa shape index (κ2) is 8.18. The minimum atomic E-state index is -0.228. The Hall–Kier alpha value is -2.31. The predicted octanol–water partition coefficient (Wildman–Crippen LogP) is 4.19. The van der Waals surface area contributed by atoms with Crippen LogP contribution >= 0.6 is 23.4 Å². The molecule has 0 saturated carbocycles. The highest BCUT2D eigenvalue weighted by Gasteiger charge is 2.16. The summed E-state index contributed by atoms with van der Waals surface area (Å²) in [5.74, 6) is 0.646. The van der Waals surface area contributed by atoms with Crippen molar-refractivity contribution in [3.05, 3.63) is 65.5 Å². The third-order valence-electron chi connectivity index (χ3n) is 3.42. The van der Waals surface area contributed by atoms with Crippen molar-refractivity contribution in [3.8, 4) is 11.4 Å². The van der Waals surface area contributed by atoms with Crippen LogP contribution in [0, 0.1) is 0 Å². The molecule has 0 saturated heterocycles. The number of benzene rings is 2. The number of carbonyl (C=O) groups is 1. The van der Waals surface area contributed by atoms with Crippen molar-refractivity contribution in [1.29, 1.82) is 0 Å². The highest BCUT2D eigenvalue weighted by molar-refractivity contribution is 8.00. The maximum absolute atomic E-state index is 12.2. The Bertz CT molecular complexity index is 854. The molecule has 0 aliphatic heterocycles. The summed E-state index contributed by atoms with van der Waals surface area (Å²) >= 11 is 7.61. The lowest BCUT2D eigenvalue weighted by atomic mass is 10.2. The number of nitrogens with one attached hydrogen (secondary N) is 1. The molecule has 0 aliphatic carbocycles. The molecule has 5 nitrogen and oxygen atoms in total. The molecule has 0 bridgehead atoms. The smallest absolute Gasteiger partial charge is 0.246 e. The van der Waals surface area contributed by atoms with Crippen LogP contribution in [0.25, 0.3) is 11.4 Å². The second-order valence-corrected chi connectivity index (χ2v) is 7.10. The molecule has 7 heteroatoms. The van der Waals surface area contributed by atoms with Gasteiger partial charge in [-0.25, -0.2) is 0 Å². The van der Waals surface area contributed by atoms with Crippen LogP contribution in [-0.4, -0.2) is 21.3 Å². The van der Waals surface area contributed by atoms with E-state index in [0.29, 0.717) is 22.3 Å². The molecular formula is C18H16ClN3O2S. The molecule has 1 atom stereocenters. The first-order valence-electron chi connectivity index (χ1n) is 7.70. The summed E-state index contributed by atoms with van der Waals surface area (Å²) in [5.41, 5.74) is 0.693. The quantitative estimate of drug-likeness (QED) is 0.656. The van der Waals surface area contributed by atoms with Crippen molar-refractivity contribution in [2.75, 3.05) is 0 Å². The monoisotopic (exact) mass is 373 g/mol. The summed E-state index contributed by atoms with van der Waals surface area (Å²) in [4.78, 5) is 17.5. The number of hydrogen-bond donors (Lipinski definition) is 1. The Labute approximate surface area is 154 Å². The van der Waals surface area contributed by atoms with Gasteiger partial charge in [0.15, 0.2) is 0 Å². The number of amides is 1. The van der Waals surface area contributed by atoms with Crippen LogP contribution in [0.1, 0.15) is 12.8 Å². The first kappa shape index (κ1) is 17.5. The SMILES string of the molecule is CC(Sc1ccccc1)C(=O)NCc1nc(-c2ccccc2Cl)no1. The van der Waals surface area contributed by atoms with Gasteiger partial charge in [-0.15, -0.1) is 11.8 Å². The standard InChI is InChI=1S/C18H16ClN3O2S/c1-12(25-13-7-3-2-4-8-13)18(23)20-11-16-21-17(22-24-16)14-9-5-6-10-15(14)19/h2-10,12H,11H2,1H3,(H,20,23). The van der Waals surface area contributed by atoms with Crippen molar-refractivity contribution in [2.24, 2.45) is 0 Å². The van der Waals surface area contributed by atoms with Crippen molar-refractivity contribution < 1.29 is 9.32 Å². The Kier molecular flexibility index (Phi) is 5.73. The molecule has 25 heavy (non-hydrogen) atoms. The summed E-state index contributed by atoms with van der Waals surface area (Å²) in [6, 6.07) is 17.0. The fraction of sp³-hybridized carbons (Fsp3) is 0.167. The van der Waals surface area contributed by atoms with Gasteiger partial charge in [-0.05, 0) is 31.2 Å². The van der Waals surface area contributed by atoms with E-state index in [-0.39, 0.29) is 17.7 Å². The number of thioether (sulfide) groups is 1. The molecule has 1 heterocycles. The Morgan fingerprint density at radius 2 is 1.92 bits per heavy atom. The van der Waals surface area contributed by atoms with Gasteiger partial charge >= 0.3 is 0 Å². The molecule has 2 aromatic carbocycles. The van der Waals surface area contributed by atoms with Gasteiger partial charge in [0, 0.05) is 10.5 Å². The van der Waals surface area contributed by atoms with Crippen molar-refractivity contribution in [3.63, 3.8) is 0 Å². The number of carbonyl (C=O) groups excluding carboxylic acids is 1. The fourth-order valence-corrected chi connectivity index (χ4v) is 3.27. The zero-order valence-electron chi connectivity index (χ0n) is 13.5. The minimum absolute atomic E-state index is 0.0913. The number of halogens is 1. The van der Waals surface area contributed by atoms with Gasteiger partial charge in [-0.3, -0.25) is 4.79 Å². The third-order valence-corrected chi connectivity index (χ3v) is 4.86. The Morgan fingerprint density at radius 1 is 1.20 bits per heavy atom.